The van der Waals surface area contributed by atoms with E-state index < -0.39 is 0 Å². The van der Waals surface area contributed by atoms with Crippen molar-refractivity contribution >= 4 is 33.7 Å². The number of halogens is 2. The average molecular weight is 321 g/mol. The third kappa shape index (κ3) is 5.55. The lowest BCUT2D eigenvalue weighted by atomic mass is 10.2. The average Bonchev–Trinajstić information content (AvgIpc) is 2.28. The van der Waals surface area contributed by atoms with Crippen LogP contribution < -0.4 is 0 Å². The van der Waals surface area contributed by atoms with E-state index in [0.29, 0.717) is 10.2 Å². The van der Waals surface area contributed by atoms with Crippen LogP contribution in [0.2, 0.25) is 0 Å². The first-order chi connectivity index (χ1) is 8.13. The molecule has 1 rings (SSSR count). The fourth-order valence-corrected chi connectivity index (χ4v) is 2.29. The highest BCUT2D eigenvalue weighted by Crippen LogP contribution is 2.19. The predicted octanol–water partition coefficient (Wildman–Crippen LogP) is 3.77. The summed E-state index contributed by atoms with van der Waals surface area (Å²) in [5, 5.41) is 0. The summed E-state index contributed by atoms with van der Waals surface area (Å²) in [6, 6.07) is 4.31. The van der Waals surface area contributed by atoms with Gasteiger partial charge >= 0.3 is 5.97 Å². The molecule has 0 amide bonds. The van der Waals surface area contributed by atoms with E-state index in [1.54, 1.807) is 17.8 Å². The number of hydrogen-bond acceptors (Lipinski definition) is 3. The Kier molecular flexibility index (Phi) is 6.58. The van der Waals surface area contributed by atoms with E-state index in [2.05, 4.69) is 22.9 Å². The van der Waals surface area contributed by atoms with Crippen LogP contribution >= 0.6 is 27.7 Å². The molecule has 0 aliphatic carbocycles. The van der Waals surface area contributed by atoms with Gasteiger partial charge < -0.3 is 4.74 Å². The van der Waals surface area contributed by atoms with Gasteiger partial charge in [0.25, 0.3) is 0 Å². The molecule has 0 heterocycles. The van der Waals surface area contributed by atoms with Gasteiger partial charge in [-0.2, -0.15) is 11.8 Å². The second-order valence-electron chi connectivity index (χ2n) is 3.45. The molecule has 94 valence electrons. The van der Waals surface area contributed by atoms with E-state index >= 15 is 0 Å². The molecule has 0 N–H and O–H groups in total. The maximum absolute atomic E-state index is 12.8. The van der Waals surface area contributed by atoms with Gasteiger partial charge in [-0.3, -0.25) is 4.79 Å². The van der Waals surface area contributed by atoms with Crippen molar-refractivity contribution in [2.24, 2.45) is 0 Å². The maximum atomic E-state index is 12.8. The van der Waals surface area contributed by atoms with E-state index in [9.17, 15) is 9.18 Å². The van der Waals surface area contributed by atoms with Crippen LogP contribution in [0, 0.1) is 5.82 Å². The molecule has 1 aromatic carbocycles. The van der Waals surface area contributed by atoms with Crippen molar-refractivity contribution in [1.29, 1.82) is 0 Å². The van der Waals surface area contributed by atoms with Crippen LogP contribution in [0.4, 0.5) is 4.39 Å². The molecule has 0 radical (unpaired) electrons. The van der Waals surface area contributed by atoms with Crippen LogP contribution in [0.15, 0.2) is 22.7 Å². The minimum atomic E-state index is -0.314. The smallest absolute Gasteiger partial charge is 0.316 e. The van der Waals surface area contributed by atoms with Gasteiger partial charge in [-0.25, -0.2) is 4.39 Å². The van der Waals surface area contributed by atoms with E-state index in [1.807, 2.05) is 0 Å². The Hall–Kier alpha value is -0.550. The highest BCUT2D eigenvalue weighted by molar-refractivity contribution is 9.10. The summed E-state index contributed by atoms with van der Waals surface area (Å²) in [6.45, 7) is 2.24. The number of benzene rings is 1. The lowest BCUT2D eigenvalue weighted by Gasteiger charge is -2.06. The first kappa shape index (κ1) is 14.5. The van der Waals surface area contributed by atoms with Crippen LogP contribution in [0.25, 0.3) is 0 Å². The first-order valence-corrected chi connectivity index (χ1v) is 7.25. The molecule has 0 aliphatic heterocycles. The van der Waals surface area contributed by atoms with Gasteiger partial charge in [0.05, 0.1) is 5.75 Å². The summed E-state index contributed by atoms with van der Waals surface area (Å²) < 4.78 is 18.5. The van der Waals surface area contributed by atoms with Crippen LogP contribution in [0.1, 0.15) is 18.9 Å². The topological polar surface area (TPSA) is 26.3 Å². The third-order valence-corrected chi connectivity index (χ3v) is 3.85. The van der Waals surface area contributed by atoms with Gasteiger partial charge in [0, 0.05) is 10.0 Å². The number of hydrogen-bond donors (Lipinski definition) is 0. The zero-order chi connectivity index (χ0) is 12.7. The van der Waals surface area contributed by atoms with Gasteiger partial charge in [-0.05, 0) is 24.3 Å². The lowest BCUT2D eigenvalue weighted by molar-refractivity contribution is -0.141. The number of rotatable bonds is 6. The summed E-state index contributed by atoms with van der Waals surface area (Å²) in [5.41, 5.74) is 0.764. The lowest BCUT2D eigenvalue weighted by Crippen LogP contribution is -2.08. The summed E-state index contributed by atoms with van der Waals surface area (Å²) in [6.07, 6.45) is 1.04. The molecule has 2 nitrogen and oxygen atoms in total. The van der Waals surface area contributed by atoms with Gasteiger partial charge in [-0.15, -0.1) is 0 Å². The molecule has 0 saturated carbocycles. The molecule has 0 saturated heterocycles. The Morgan fingerprint density at radius 3 is 2.94 bits per heavy atom. The van der Waals surface area contributed by atoms with Crippen molar-refractivity contribution in [3.63, 3.8) is 0 Å². The summed E-state index contributed by atoms with van der Waals surface area (Å²) in [4.78, 5) is 11.3. The number of ether oxygens (including phenoxy) is 1. The Balaban J connectivity index is 2.37. The van der Waals surface area contributed by atoms with Crippen molar-refractivity contribution in [3.05, 3.63) is 34.1 Å². The number of carbonyl (C=O) groups is 1. The predicted molar refractivity (Wildman–Crippen MR) is 71.5 cm³/mol. The fourth-order valence-electron chi connectivity index (χ4n) is 1.14. The van der Waals surface area contributed by atoms with Crippen LogP contribution in [-0.2, 0) is 16.1 Å². The van der Waals surface area contributed by atoms with E-state index in [0.717, 1.165) is 17.7 Å². The Bertz CT molecular complexity index is 385. The molecule has 17 heavy (non-hydrogen) atoms. The molecule has 0 fully saturated rings. The zero-order valence-electron chi connectivity index (χ0n) is 9.54. The highest BCUT2D eigenvalue weighted by Gasteiger charge is 2.06. The maximum Gasteiger partial charge on any atom is 0.316 e. The quantitative estimate of drug-likeness (QED) is 0.589. The van der Waals surface area contributed by atoms with Crippen molar-refractivity contribution in [2.75, 3.05) is 11.5 Å². The van der Waals surface area contributed by atoms with Gasteiger partial charge in [0.2, 0.25) is 0 Å². The Morgan fingerprint density at radius 2 is 2.29 bits per heavy atom. The molecule has 0 spiro atoms. The van der Waals surface area contributed by atoms with Crippen molar-refractivity contribution < 1.29 is 13.9 Å². The van der Waals surface area contributed by atoms with Crippen molar-refractivity contribution in [1.82, 2.24) is 0 Å². The van der Waals surface area contributed by atoms with Crippen LogP contribution in [0.5, 0.6) is 0 Å². The molecule has 0 bridgehead atoms. The van der Waals surface area contributed by atoms with Gasteiger partial charge in [0.1, 0.15) is 12.4 Å². The second kappa shape index (κ2) is 7.71. The standard InChI is InChI=1S/C12H14BrFO2S/c1-2-5-17-8-12(15)16-7-9-3-4-10(14)6-11(9)13/h3-4,6H,2,5,7-8H2,1H3. The molecule has 0 unspecified atom stereocenters. The van der Waals surface area contributed by atoms with Gasteiger partial charge in [0.15, 0.2) is 0 Å². The van der Waals surface area contributed by atoms with E-state index in [4.69, 9.17) is 4.74 Å². The SMILES string of the molecule is CCCSCC(=O)OCc1ccc(F)cc1Br. The summed E-state index contributed by atoms with van der Waals surface area (Å²) in [7, 11) is 0. The van der Waals surface area contributed by atoms with E-state index in [1.165, 1.54) is 12.1 Å². The molecular formula is C12H14BrFO2S. The molecule has 5 heteroatoms. The second-order valence-corrected chi connectivity index (χ2v) is 5.41. The van der Waals surface area contributed by atoms with Crippen molar-refractivity contribution in [3.8, 4) is 0 Å². The first-order valence-electron chi connectivity index (χ1n) is 5.30. The third-order valence-electron chi connectivity index (χ3n) is 1.97. The minimum Gasteiger partial charge on any atom is -0.460 e. The summed E-state index contributed by atoms with van der Waals surface area (Å²) in [5.74, 6) is 0.771. The highest BCUT2D eigenvalue weighted by atomic mass is 79.9. The molecule has 0 aliphatic rings. The van der Waals surface area contributed by atoms with Crippen LogP contribution in [0.3, 0.4) is 0 Å². The largest absolute Gasteiger partial charge is 0.460 e. The minimum absolute atomic E-state index is 0.173. The van der Waals surface area contributed by atoms with Crippen LogP contribution in [-0.4, -0.2) is 17.5 Å². The Morgan fingerprint density at radius 1 is 1.53 bits per heavy atom. The van der Waals surface area contributed by atoms with Crippen molar-refractivity contribution in [2.45, 2.75) is 20.0 Å². The zero-order valence-corrected chi connectivity index (χ0v) is 11.9. The Labute approximate surface area is 113 Å². The number of esters is 1. The van der Waals surface area contributed by atoms with Gasteiger partial charge in [-0.1, -0.05) is 28.9 Å². The van der Waals surface area contributed by atoms with E-state index in [-0.39, 0.29) is 18.4 Å². The molecule has 0 aromatic heterocycles. The number of thioether (sulfide) groups is 1. The summed E-state index contributed by atoms with van der Waals surface area (Å²) >= 11 is 4.78. The normalized spacial score (nSPS) is 10.3. The fraction of sp³-hybridized carbons (Fsp3) is 0.417. The number of carbonyl (C=O) groups excluding carboxylic acids is 1. The molecule has 0 atom stereocenters. The monoisotopic (exact) mass is 320 g/mol. The molecular weight excluding hydrogens is 307 g/mol. The molecule has 1 aromatic rings.